The van der Waals surface area contributed by atoms with Crippen molar-refractivity contribution in [3.8, 4) is 0 Å². The molecule has 0 unspecified atom stereocenters. The molecule has 0 bridgehead atoms. The minimum absolute atomic E-state index is 0.689. The van der Waals surface area contributed by atoms with Gasteiger partial charge in [-0.2, -0.15) is 0 Å². The van der Waals surface area contributed by atoms with Gasteiger partial charge in [0.15, 0.2) is 0 Å². The summed E-state index contributed by atoms with van der Waals surface area (Å²) in [5.74, 6) is 3.76. The molecule has 0 atom stereocenters. The van der Waals surface area contributed by atoms with Crippen molar-refractivity contribution in [1.29, 1.82) is 0 Å². The lowest BCUT2D eigenvalue weighted by atomic mass is 9.68. The Morgan fingerprint density at radius 3 is 2.00 bits per heavy atom. The van der Waals surface area contributed by atoms with Crippen LogP contribution < -0.4 is 0 Å². The molecule has 2 heteroatoms. The van der Waals surface area contributed by atoms with Crippen LogP contribution in [0.5, 0.6) is 0 Å². The fourth-order valence-electron chi connectivity index (χ4n) is 5.33. The third-order valence-electron chi connectivity index (χ3n) is 6.98. The average Bonchev–Trinajstić information content (AvgIpc) is 2.68. The Morgan fingerprint density at radius 2 is 1.48 bits per heavy atom. The van der Waals surface area contributed by atoms with Crippen molar-refractivity contribution in [2.24, 2.45) is 22.9 Å². The number of rotatable bonds is 5. The molecule has 2 fully saturated rings. The first-order valence-electron chi connectivity index (χ1n) is 10.5. The summed E-state index contributed by atoms with van der Waals surface area (Å²) >= 11 is 0. The molecule has 2 nitrogen and oxygen atoms in total. The zero-order chi connectivity index (χ0) is 17.6. The van der Waals surface area contributed by atoms with Gasteiger partial charge in [-0.3, -0.25) is 0 Å². The molecule has 0 radical (unpaired) electrons. The van der Waals surface area contributed by atoms with E-state index in [4.69, 9.17) is 5.21 Å². The van der Waals surface area contributed by atoms with E-state index in [-0.39, 0.29) is 0 Å². The van der Waals surface area contributed by atoms with Gasteiger partial charge in [-0.15, -0.1) is 0 Å². The highest BCUT2D eigenvalue weighted by Crippen LogP contribution is 2.44. The average molecular weight is 342 g/mol. The maximum Gasteiger partial charge on any atom is 0.0836 e. The maximum absolute atomic E-state index is 8.89. The zero-order valence-electron chi connectivity index (χ0n) is 16.1. The number of hydrogen-bond acceptors (Lipinski definition) is 2. The first kappa shape index (κ1) is 18.5. The van der Waals surface area contributed by atoms with E-state index in [1.807, 2.05) is 6.92 Å². The standard InChI is InChI=1S/C23H35NO/c1-3-4-18-5-7-20(8-6-18)22-13-15-23(16-14-22)21-11-9-19(10-12-21)17(2)24-25/h9-12,18,20,22-23,25H,3-8,13-16H2,1-2H3/t18-,20-,22?,23?. The maximum atomic E-state index is 8.89. The van der Waals surface area contributed by atoms with Crippen LogP contribution >= 0.6 is 0 Å². The molecule has 0 spiro atoms. The molecule has 1 aromatic rings. The van der Waals surface area contributed by atoms with Crippen LogP contribution in [-0.2, 0) is 0 Å². The normalized spacial score (nSPS) is 31.0. The Bertz CT molecular complexity index is 546. The minimum atomic E-state index is 0.689. The summed E-state index contributed by atoms with van der Waals surface area (Å²) in [6.07, 6.45) is 14.3. The van der Waals surface area contributed by atoms with Gasteiger partial charge in [0.2, 0.25) is 0 Å². The summed E-state index contributed by atoms with van der Waals surface area (Å²) in [6, 6.07) is 8.69. The summed E-state index contributed by atoms with van der Waals surface area (Å²) in [7, 11) is 0. The highest BCUT2D eigenvalue weighted by atomic mass is 16.4. The van der Waals surface area contributed by atoms with Crippen LogP contribution in [0.1, 0.15) is 95.1 Å². The van der Waals surface area contributed by atoms with Gasteiger partial charge in [0, 0.05) is 0 Å². The quantitative estimate of drug-likeness (QED) is 0.358. The van der Waals surface area contributed by atoms with Crippen LogP contribution in [0.15, 0.2) is 29.4 Å². The molecule has 1 N–H and O–H groups in total. The molecule has 3 rings (SSSR count). The van der Waals surface area contributed by atoms with E-state index in [0.717, 1.165) is 29.2 Å². The molecular weight excluding hydrogens is 306 g/mol. The molecule has 138 valence electrons. The second-order valence-corrected chi connectivity index (χ2v) is 8.49. The minimum Gasteiger partial charge on any atom is -0.411 e. The summed E-state index contributed by atoms with van der Waals surface area (Å²) < 4.78 is 0. The van der Waals surface area contributed by atoms with Gasteiger partial charge in [-0.25, -0.2) is 0 Å². The number of hydrogen-bond donors (Lipinski definition) is 1. The number of oxime groups is 1. The van der Waals surface area contributed by atoms with Crippen LogP contribution in [-0.4, -0.2) is 10.9 Å². The Labute approximate surface area is 153 Å². The summed E-state index contributed by atoms with van der Waals surface area (Å²) in [4.78, 5) is 0. The lowest BCUT2D eigenvalue weighted by molar-refractivity contribution is 0.156. The molecule has 25 heavy (non-hydrogen) atoms. The van der Waals surface area contributed by atoms with Crippen LogP contribution in [0.4, 0.5) is 0 Å². The topological polar surface area (TPSA) is 32.6 Å². The van der Waals surface area contributed by atoms with E-state index in [0.29, 0.717) is 5.71 Å². The van der Waals surface area contributed by atoms with E-state index >= 15 is 0 Å². The van der Waals surface area contributed by atoms with Crippen molar-refractivity contribution in [3.05, 3.63) is 35.4 Å². The van der Waals surface area contributed by atoms with Gasteiger partial charge < -0.3 is 5.21 Å². The van der Waals surface area contributed by atoms with Gasteiger partial charge in [0.25, 0.3) is 0 Å². The summed E-state index contributed by atoms with van der Waals surface area (Å²) in [5.41, 5.74) is 3.18. The fraction of sp³-hybridized carbons (Fsp3) is 0.696. The zero-order valence-corrected chi connectivity index (χ0v) is 16.1. The van der Waals surface area contributed by atoms with E-state index in [1.165, 1.54) is 69.8 Å². The largest absolute Gasteiger partial charge is 0.411 e. The van der Waals surface area contributed by atoms with E-state index in [9.17, 15) is 0 Å². The third kappa shape index (κ3) is 4.65. The molecule has 1 aromatic carbocycles. The second kappa shape index (κ2) is 8.87. The van der Waals surface area contributed by atoms with Gasteiger partial charge in [0.05, 0.1) is 5.71 Å². The third-order valence-corrected chi connectivity index (χ3v) is 6.98. The number of nitrogens with zero attached hydrogens (tertiary/aromatic N) is 1. The van der Waals surface area contributed by atoms with Crippen molar-refractivity contribution in [2.45, 2.75) is 84.0 Å². The Hall–Kier alpha value is -1.31. The van der Waals surface area contributed by atoms with Crippen LogP contribution in [0.2, 0.25) is 0 Å². The molecular formula is C23H35NO. The van der Waals surface area contributed by atoms with Gasteiger partial charge in [-0.05, 0) is 80.2 Å². The van der Waals surface area contributed by atoms with E-state index < -0.39 is 0 Å². The molecule has 0 heterocycles. The van der Waals surface area contributed by atoms with Crippen molar-refractivity contribution in [3.63, 3.8) is 0 Å². The lowest BCUT2D eigenvalue weighted by Crippen LogP contribution is -2.25. The lowest BCUT2D eigenvalue weighted by Gasteiger charge is -2.38. The van der Waals surface area contributed by atoms with E-state index in [2.05, 4.69) is 36.3 Å². The summed E-state index contributed by atoms with van der Waals surface area (Å²) in [5, 5.41) is 12.2. The van der Waals surface area contributed by atoms with Gasteiger partial charge >= 0.3 is 0 Å². The van der Waals surface area contributed by atoms with Crippen molar-refractivity contribution in [2.75, 3.05) is 0 Å². The van der Waals surface area contributed by atoms with Crippen LogP contribution in [0.3, 0.4) is 0 Å². The van der Waals surface area contributed by atoms with Crippen LogP contribution in [0, 0.1) is 17.8 Å². The Kier molecular flexibility index (Phi) is 6.56. The predicted molar refractivity (Wildman–Crippen MR) is 105 cm³/mol. The molecule has 0 aromatic heterocycles. The predicted octanol–water partition coefficient (Wildman–Crippen LogP) is 6.77. The van der Waals surface area contributed by atoms with Crippen molar-refractivity contribution >= 4 is 5.71 Å². The molecule has 0 amide bonds. The highest BCUT2D eigenvalue weighted by molar-refractivity contribution is 5.98. The first-order chi connectivity index (χ1) is 12.2. The van der Waals surface area contributed by atoms with Crippen molar-refractivity contribution < 1.29 is 5.21 Å². The molecule has 0 saturated heterocycles. The Balaban J connectivity index is 1.49. The fourth-order valence-corrected chi connectivity index (χ4v) is 5.33. The van der Waals surface area contributed by atoms with Gasteiger partial charge in [-0.1, -0.05) is 62.0 Å². The monoisotopic (exact) mass is 341 g/mol. The molecule has 2 aliphatic carbocycles. The second-order valence-electron chi connectivity index (χ2n) is 8.49. The van der Waals surface area contributed by atoms with Crippen LogP contribution in [0.25, 0.3) is 0 Å². The number of benzene rings is 1. The Morgan fingerprint density at radius 1 is 0.920 bits per heavy atom. The SMILES string of the molecule is CCC[C@H]1CC[C@H](C2CCC(c3ccc(C(C)=NO)cc3)CC2)CC1. The summed E-state index contributed by atoms with van der Waals surface area (Å²) in [6.45, 7) is 4.17. The highest BCUT2D eigenvalue weighted by Gasteiger charge is 2.31. The van der Waals surface area contributed by atoms with Gasteiger partial charge in [0.1, 0.15) is 0 Å². The van der Waals surface area contributed by atoms with E-state index in [1.54, 1.807) is 0 Å². The smallest absolute Gasteiger partial charge is 0.0836 e. The first-order valence-corrected chi connectivity index (χ1v) is 10.5. The molecule has 0 aliphatic heterocycles. The van der Waals surface area contributed by atoms with Crippen molar-refractivity contribution in [1.82, 2.24) is 0 Å². The molecule has 2 saturated carbocycles. The molecule has 2 aliphatic rings.